The van der Waals surface area contributed by atoms with E-state index in [-0.39, 0.29) is 12.5 Å². The number of nitrogens with two attached hydrogens (primary N) is 1. The molecule has 1 heterocycles. The summed E-state index contributed by atoms with van der Waals surface area (Å²) in [6, 6.07) is 0. The number of aromatic nitrogens is 2. The van der Waals surface area contributed by atoms with Crippen LogP contribution in [0.5, 0.6) is 0 Å². The Bertz CT molecular complexity index is 330. The predicted molar refractivity (Wildman–Crippen MR) is 65.2 cm³/mol. The number of aliphatic hydroxyl groups is 1. The summed E-state index contributed by atoms with van der Waals surface area (Å²) in [4.78, 5) is 8.16. The molecule has 1 atom stereocenters. The smallest absolute Gasteiger partial charge is 0.134 e. The molecule has 0 aliphatic rings. The van der Waals surface area contributed by atoms with Crippen molar-refractivity contribution in [1.82, 2.24) is 9.97 Å². The van der Waals surface area contributed by atoms with Gasteiger partial charge in [0.25, 0.3) is 0 Å². The lowest BCUT2D eigenvalue weighted by molar-refractivity contribution is 0.244. The van der Waals surface area contributed by atoms with Gasteiger partial charge in [-0.2, -0.15) is 0 Å². The number of anilines is 2. The van der Waals surface area contributed by atoms with Gasteiger partial charge in [0.05, 0.1) is 0 Å². The first-order valence-corrected chi connectivity index (χ1v) is 5.63. The van der Waals surface area contributed by atoms with E-state index in [0.717, 1.165) is 24.2 Å². The highest BCUT2D eigenvalue weighted by Crippen LogP contribution is 2.19. The van der Waals surface area contributed by atoms with Gasteiger partial charge in [0.2, 0.25) is 0 Å². The molecule has 1 aromatic heterocycles. The number of hydrogen-bond acceptors (Lipinski definition) is 5. The van der Waals surface area contributed by atoms with Crippen LogP contribution in [0.4, 0.5) is 11.6 Å². The fourth-order valence-electron chi connectivity index (χ4n) is 1.41. The Morgan fingerprint density at radius 3 is 2.88 bits per heavy atom. The number of nitrogen functional groups attached to an aromatic ring is 1. The molecule has 0 aromatic carbocycles. The quantitative estimate of drug-likeness (QED) is 0.672. The van der Waals surface area contributed by atoms with Gasteiger partial charge >= 0.3 is 0 Å². The molecule has 0 spiro atoms. The number of nitrogens with zero attached hydrogens (tertiary/aromatic N) is 2. The first-order chi connectivity index (χ1) is 7.69. The van der Waals surface area contributed by atoms with Gasteiger partial charge < -0.3 is 16.2 Å². The minimum Gasteiger partial charge on any atom is -0.396 e. The summed E-state index contributed by atoms with van der Waals surface area (Å²) in [5.74, 6) is 1.52. The molecular weight excluding hydrogens is 204 g/mol. The Kier molecular flexibility index (Phi) is 4.98. The molecule has 1 aromatic rings. The van der Waals surface area contributed by atoms with E-state index in [9.17, 15) is 0 Å². The van der Waals surface area contributed by atoms with Crippen LogP contribution >= 0.6 is 0 Å². The molecule has 0 amide bonds. The Balaban J connectivity index is 2.74. The largest absolute Gasteiger partial charge is 0.396 e. The molecule has 0 aliphatic carbocycles. The third-order valence-corrected chi connectivity index (χ3v) is 2.41. The van der Waals surface area contributed by atoms with Crippen molar-refractivity contribution in [3.05, 3.63) is 11.9 Å². The molecule has 4 N–H and O–H groups in total. The van der Waals surface area contributed by atoms with E-state index in [1.165, 1.54) is 6.33 Å². The second-order valence-corrected chi connectivity index (χ2v) is 4.00. The average Bonchev–Trinajstić information content (AvgIpc) is 2.29. The maximum atomic E-state index is 8.94. The van der Waals surface area contributed by atoms with Gasteiger partial charge in [-0.05, 0) is 12.3 Å². The van der Waals surface area contributed by atoms with Crippen LogP contribution in [-0.2, 0) is 6.42 Å². The second-order valence-electron chi connectivity index (χ2n) is 4.00. The average molecular weight is 224 g/mol. The summed E-state index contributed by atoms with van der Waals surface area (Å²) in [7, 11) is 0. The first-order valence-electron chi connectivity index (χ1n) is 5.63. The Morgan fingerprint density at radius 2 is 2.25 bits per heavy atom. The summed E-state index contributed by atoms with van der Waals surface area (Å²) in [5, 5.41) is 12.1. The lowest BCUT2D eigenvalue weighted by atomic mass is 10.1. The molecule has 0 aliphatic heterocycles. The normalized spacial score (nSPS) is 12.4. The molecule has 0 saturated heterocycles. The lowest BCUT2D eigenvalue weighted by Crippen LogP contribution is -2.17. The highest BCUT2D eigenvalue weighted by atomic mass is 16.3. The van der Waals surface area contributed by atoms with Crippen LogP contribution in [0.2, 0.25) is 0 Å². The topological polar surface area (TPSA) is 84.1 Å². The van der Waals surface area contributed by atoms with E-state index >= 15 is 0 Å². The third-order valence-electron chi connectivity index (χ3n) is 2.41. The van der Waals surface area contributed by atoms with Gasteiger partial charge in [-0.1, -0.05) is 20.3 Å². The zero-order valence-electron chi connectivity index (χ0n) is 9.90. The molecule has 90 valence electrons. The van der Waals surface area contributed by atoms with Crippen molar-refractivity contribution in [1.29, 1.82) is 0 Å². The summed E-state index contributed by atoms with van der Waals surface area (Å²) in [5.41, 5.74) is 6.77. The third kappa shape index (κ3) is 3.34. The van der Waals surface area contributed by atoms with Gasteiger partial charge in [-0.15, -0.1) is 0 Å². The number of rotatable bonds is 6. The molecule has 0 radical (unpaired) electrons. The van der Waals surface area contributed by atoms with E-state index in [1.807, 2.05) is 6.92 Å². The Labute approximate surface area is 96.1 Å². The second kappa shape index (κ2) is 6.27. The number of nitrogens with one attached hydrogen (secondary N) is 1. The highest BCUT2D eigenvalue weighted by molar-refractivity contribution is 5.54. The van der Waals surface area contributed by atoms with Crippen LogP contribution < -0.4 is 11.1 Å². The van der Waals surface area contributed by atoms with Gasteiger partial charge in [0.1, 0.15) is 18.0 Å². The summed E-state index contributed by atoms with van der Waals surface area (Å²) < 4.78 is 0. The van der Waals surface area contributed by atoms with E-state index in [0.29, 0.717) is 12.4 Å². The van der Waals surface area contributed by atoms with Gasteiger partial charge in [-0.3, -0.25) is 0 Å². The highest BCUT2D eigenvalue weighted by Gasteiger charge is 2.08. The van der Waals surface area contributed by atoms with Crippen LogP contribution in [0.25, 0.3) is 0 Å². The van der Waals surface area contributed by atoms with E-state index in [1.54, 1.807) is 0 Å². The van der Waals surface area contributed by atoms with Gasteiger partial charge in [0, 0.05) is 18.7 Å². The van der Waals surface area contributed by atoms with Crippen molar-refractivity contribution in [2.75, 3.05) is 24.2 Å². The van der Waals surface area contributed by atoms with Crippen LogP contribution in [0.1, 0.15) is 25.8 Å². The molecule has 16 heavy (non-hydrogen) atoms. The minimum absolute atomic E-state index is 0.163. The van der Waals surface area contributed by atoms with Gasteiger partial charge in [0.15, 0.2) is 0 Å². The molecule has 5 heteroatoms. The van der Waals surface area contributed by atoms with Crippen molar-refractivity contribution in [2.24, 2.45) is 5.92 Å². The molecule has 1 rings (SSSR count). The number of aliphatic hydroxyl groups excluding tert-OH is 1. The summed E-state index contributed by atoms with van der Waals surface area (Å²) >= 11 is 0. The number of hydrogen-bond donors (Lipinski definition) is 3. The van der Waals surface area contributed by atoms with E-state index < -0.39 is 0 Å². The fraction of sp³-hybridized carbons (Fsp3) is 0.636. The van der Waals surface area contributed by atoms with Crippen molar-refractivity contribution in [3.63, 3.8) is 0 Å². The Hall–Kier alpha value is -1.36. The van der Waals surface area contributed by atoms with Crippen molar-refractivity contribution in [3.8, 4) is 0 Å². The van der Waals surface area contributed by atoms with Crippen molar-refractivity contribution >= 4 is 11.6 Å². The van der Waals surface area contributed by atoms with Crippen LogP contribution in [-0.4, -0.2) is 28.2 Å². The zero-order chi connectivity index (χ0) is 12.0. The minimum atomic E-state index is 0.163. The molecule has 5 nitrogen and oxygen atoms in total. The summed E-state index contributed by atoms with van der Waals surface area (Å²) in [6.07, 6.45) is 3.32. The zero-order valence-corrected chi connectivity index (χ0v) is 9.90. The molecule has 1 unspecified atom stereocenters. The van der Waals surface area contributed by atoms with Crippen LogP contribution in [0.15, 0.2) is 6.33 Å². The summed E-state index contributed by atoms with van der Waals surface area (Å²) in [6.45, 7) is 4.91. The Morgan fingerprint density at radius 1 is 1.50 bits per heavy atom. The monoisotopic (exact) mass is 224 g/mol. The molecular formula is C11H20N4O. The first kappa shape index (κ1) is 12.7. The fourth-order valence-corrected chi connectivity index (χ4v) is 1.41. The van der Waals surface area contributed by atoms with E-state index in [4.69, 9.17) is 10.8 Å². The van der Waals surface area contributed by atoms with Crippen LogP contribution in [0, 0.1) is 5.92 Å². The lowest BCUT2D eigenvalue weighted by Gasteiger charge is -2.14. The molecule has 0 bridgehead atoms. The maximum Gasteiger partial charge on any atom is 0.134 e. The van der Waals surface area contributed by atoms with Gasteiger partial charge in [-0.25, -0.2) is 9.97 Å². The maximum absolute atomic E-state index is 8.94. The molecule has 0 saturated carbocycles. The van der Waals surface area contributed by atoms with Crippen molar-refractivity contribution < 1.29 is 5.11 Å². The van der Waals surface area contributed by atoms with E-state index in [2.05, 4.69) is 22.2 Å². The SMILES string of the molecule is CCCc1c(N)ncnc1NCC(C)CO. The predicted octanol–water partition coefficient (Wildman–Crippen LogP) is 1.05. The molecule has 0 fully saturated rings. The van der Waals surface area contributed by atoms with Crippen molar-refractivity contribution in [2.45, 2.75) is 26.7 Å². The standard InChI is InChI=1S/C11H20N4O/c1-3-4-9-10(12)14-7-15-11(9)13-5-8(2)6-16/h7-8,16H,3-6H2,1-2H3,(H3,12,13,14,15). The van der Waals surface area contributed by atoms with Crippen LogP contribution in [0.3, 0.4) is 0 Å².